The van der Waals surface area contributed by atoms with Crippen LogP contribution in [-0.2, 0) is 4.79 Å². The van der Waals surface area contributed by atoms with Gasteiger partial charge < -0.3 is 30.6 Å². The second-order valence-corrected chi connectivity index (χ2v) is 9.04. The van der Waals surface area contributed by atoms with Crippen molar-refractivity contribution in [2.75, 3.05) is 44.2 Å². The van der Waals surface area contributed by atoms with Crippen molar-refractivity contribution in [3.63, 3.8) is 0 Å². The molecule has 1 heterocycles. The number of nitrogens with zero attached hydrogens (tertiary/aromatic N) is 1. The van der Waals surface area contributed by atoms with Gasteiger partial charge in [-0.3, -0.25) is 9.59 Å². The molecule has 0 saturated heterocycles. The summed E-state index contributed by atoms with van der Waals surface area (Å²) in [6, 6.07) is 23.4. The van der Waals surface area contributed by atoms with Crippen LogP contribution in [0.5, 0.6) is 17.2 Å². The second-order valence-electron chi connectivity index (χ2n) is 9.04. The number of hydrogen-bond acceptors (Lipinski definition) is 8. The molecule has 0 aliphatic heterocycles. The standard InChI is InChI=1S/C32H32N4O5/c1-39-28-17-21(18-29(40-2)31(28)41-3)9-14-27(37)26(22-7-5-4-6-8-22)20-35-24-12-10-23(11-13-24)32(38)36-25-15-16-34-30(33)19-25/h4-19,26,35H,20H2,1-3H3,(H3,33,34,36,38)/b14-9+. The molecular formula is C32H32N4O5. The molecule has 4 N–H and O–H groups in total. The quantitative estimate of drug-likeness (QED) is 0.199. The van der Waals surface area contributed by atoms with E-state index in [0.29, 0.717) is 40.9 Å². The zero-order valence-electron chi connectivity index (χ0n) is 23.1. The second kappa shape index (κ2) is 13.7. The minimum atomic E-state index is -0.449. The number of carbonyl (C=O) groups excluding carboxylic acids is 2. The van der Waals surface area contributed by atoms with Crippen LogP contribution < -0.4 is 30.6 Å². The average molecular weight is 553 g/mol. The first-order chi connectivity index (χ1) is 19.9. The third-order valence-electron chi connectivity index (χ3n) is 6.37. The lowest BCUT2D eigenvalue weighted by molar-refractivity contribution is -0.115. The van der Waals surface area contributed by atoms with Gasteiger partial charge in [0, 0.05) is 35.7 Å². The van der Waals surface area contributed by atoms with Crippen molar-refractivity contribution in [2.24, 2.45) is 0 Å². The van der Waals surface area contributed by atoms with Crippen LogP contribution in [0.2, 0.25) is 0 Å². The van der Waals surface area contributed by atoms with Gasteiger partial charge >= 0.3 is 0 Å². The fraction of sp³-hybridized carbons (Fsp3) is 0.156. The van der Waals surface area contributed by atoms with Gasteiger partial charge in [0.2, 0.25) is 5.75 Å². The van der Waals surface area contributed by atoms with Gasteiger partial charge in [0.1, 0.15) is 5.82 Å². The summed E-state index contributed by atoms with van der Waals surface area (Å²) in [7, 11) is 4.63. The van der Waals surface area contributed by atoms with E-state index in [1.54, 1.807) is 82.0 Å². The number of allylic oxidation sites excluding steroid dienone is 1. The summed E-state index contributed by atoms with van der Waals surface area (Å²) in [5.74, 6) is 1.01. The van der Waals surface area contributed by atoms with Gasteiger partial charge in [-0.25, -0.2) is 4.98 Å². The maximum absolute atomic E-state index is 13.4. The van der Waals surface area contributed by atoms with Crippen molar-refractivity contribution < 1.29 is 23.8 Å². The van der Waals surface area contributed by atoms with E-state index in [0.717, 1.165) is 16.8 Å². The predicted octanol–water partition coefficient (Wildman–Crippen LogP) is 5.42. The Labute approximate surface area is 239 Å². The molecule has 3 aromatic carbocycles. The van der Waals surface area contributed by atoms with Crippen molar-refractivity contribution >= 4 is 35.0 Å². The van der Waals surface area contributed by atoms with Gasteiger partial charge in [-0.1, -0.05) is 36.4 Å². The number of nitrogens with one attached hydrogen (secondary N) is 2. The molecule has 0 radical (unpaired) electrons. The molecule has 1 amide bonds. The van der Waals surface area contributed by atoms with E-state index in [1.807, 2.05) is 30.3 Å². The van der Waals surface area contributed by atoms with E-state index in [1.165, 1.54) is 6.20 Å². The van der Waals surface area contributed by atoms with E-state index >= 15 is 0 Å². The summed E-state index contributed by atoms with van der Waals surface area (Å²) in [5.41, 5.74) is 9.12. The molecule has 1 unspecified atom stereocenters. The molecule has 0 spiro atoms. The Balaban J connectivity index is 1.47. The highest BCUT2D eigenvalue weighted by Gasteiger charge is 2.19. The molecule has 1 atom stereocenters. The first-order valence-electron chi connectivity index (χ1n) is 12.9. The number of hydrogen-bond donors (Lipinski definition) is 3. The van der Waals surface area contributed by atoms with Crippen molar-refractivity contribution in [1.82, 2.24) is 4.98 Å². The molecule has 41 heavy (non-hydrogen) atoms. The maximum Gasteiger partial charge on any atom is 0.255 e. The van der Waals surface area contributed by atoms with Crippen molar-refractivity contribution in [3.8, 4) is 17.2 Å². The number of ether oxygens (including phenoxy) is 3. The summed E-state index contributed by atoms with van der Waals surface area (Å²) in [6.07, 6.45) is 4.81. The Bertz CT molecular complexity index is 1500. The normalized spacial score (nSPS) is 11.5. The lowest BCUT2D eigenvalue weighted by Crippen LogP contribution is -2.20. The lowest BCUT2D eigenvalue weighted by Gasteiger charge is -2.17. The lowest BCUT2D eigenvalue weighted by atomic mass is 9.93. The molecule has 0 fully saturated rings. The van der Waals surface area contributed by atoms with Crippen molar-refractivity contribution in [3.05, 3.63) is 108 Å². The number of carbonyl (C=O) groups is 2. The molecule has 210 valence electrons. The number of anilines is 3. The van der Waals surface area contributed by atoms with Gasteiger partial charge in [0.05, 0.1) is 27.2 Å². The van der Waals surface area contributed by atoms with Crippen molar-refractivity contribution in [1.29, 1.82) is 0 Å². The number of aromatic nitrogens is 1. The van der Waals surface area contributed by atoms with E-state index in [9.17, 15) is 9.59 Å². The summed E-state index contributed by atoms with van der Waals surface area (Å²) < 4.78 is 16.2. The highest BCUT2D eigenvalue weighted by molar-refractivity contribution is 6.04. The molecule has 0 saturated carbocycles. The number of ketones is 1. The number of pyridine rings is 1. The molecular weight excluding hydrogens is 520 g/mol. The minimum absolute atomic E-state index is 0.0786. The van der Waals surface area contributed by atoms with Crippen LogP contribution >= 0.6 is 0 Å². The number of rotatable bonds is 12. The topological polar surface area (TPSA) is 125 Å². The zero-order valence-corrected chi connectivity index (χ0v) is 23.1. The first-order valence-corrected chi connectivity index (χ1v) is 12.9. The maximum atomic E-state index is 13.4. The third-order valence-corrected chi connectivity index (χ3v) is 6.37. The van der Waals surface area contributed by atoms with E-state index in [2.05, 4.69) is 15.6 Å². The average Bonchev–Trinajstić information content (AvgIpc) is 3.00. The minimum Gasteiger partial charge on any atom is -0.493 e. The number of amides is 1. The fourth-order valence-corrected chi connectivity index (χ4v) is 4.25. The number of nitrogen functional groups attached to an aromatic ring is 1. The van der Waals surface area contributed by atoms with Gasteiger partial charge in [-0.15, -0.1) is 0 Å². The Kier molecular flexibility index (Phi) is 9.56. The summed E-state index contributed by atoms with van der Waals surface area (Å²) in [6.45, 7) is 0.351. The first kappa shape index (κ1) is 28.7. The molecule has 4 aromatic rings. The van der Waals surface area contributed by atoms with E-state index in [4.69, 9.17) is 19.9 Å². The SMILES string of the molecule is COc1cc(/C=C/C(=O)C(CNc2ccc(C(=O)Nc3ccnc(N)c3)cc2)c2ccccc2)cc(OC)c1OC. The fourth-order valence-electron chi connectivity index (χ4n) is 4.25. The molecule has 9 nitrogen and oxygen atoms in total. The van der Waals surface area contributed by atoms with E-state index in [-0.39, 0.29) is 11.7 Å². The monoisotopic (exact) mass is 552 g/mol. The van der Waals surface area contributed by atoms with Crippen LogP contribution in [0, 0.1) is 0 Å². The van der Waals surface area contributed by atoms with Gasteiger partial charge in [-0.05, 0) is 59.7 Å². The van der Waals surface area contributed by atoms with Gasteiger partial charge in [0.15, 0.2) is 17.3 Å². The highest BCUT2D eigenvalue weighted by Crippen LogP contribution is 2.38. The largest absolute Gasteiger partial charge is 0.493 e. The van der Waals surface area contributed by atoms with Crippen molar-refractivity contribution in [2.45, 2.75) is 5.92 Å². The zero-order chi connectivity index (χ0) is 29.2. The van der Waals surface area contributed by atoms with Crippen LogP contribution in [0.4, 0.5) is 17.2 Å². The number of nitrogens with two attached hydrogens (primary N) is 1. The van der Waals surface area contributed by atoms with E-state index < -0.39 is 5.92 Å². The number of benzene rings is 3. The smallest absolute Gasteiger partial charge is 0.255 e. The molecule has 1 aromatic heterocycles. The Morgan fingerprint density at radius 2 is 1.56 bits per heavy atom. The molecule has 0 aliphatic carbocycles. The molecule has 0 aliphatic rings. The summed E-state index contributed by atoms with van der Waals surface area (Å²) in [5, 5.41) is 6.13. The van der Waals surface area contributed by atoms with Gasteiger partial charge in [-0.2, -0.15) is 0 Å². The Morgan fingerprint density at radius 3 is 2.17 bits per heavy atom. The Morgan fingerprint density at radius 1 is 0.878 bits per heavy atom. The van der Waals surface area contributed by atoms with Gasteiger partial charge in [0.25, 0.3) is 5.91 Å². The molecule has 9 heteroatoms. The summed E-state index contributed by atoms with van der Waals surface area (Å²) >= 11 is 0. The molecule has 0 bridgehead atoms. The Hall–Kier alpha value is -5.31. The van der Waals surface area contributed by atoms with Crippen LogP contribution in [-0.4, -0.2) is 44.5 Å². The third kappa shape index (κ3) is 7.42. The van der Waals surface area contributed by atoms with Crippen LogP contribution in [0.25, 0.3) is 6.08 Å². The number of methoxy groups -OCH3 is 3. The van der Waals surface area contributed by atoms with Crippen LogP contribution in [0.3, 0.4) is 0 Å². The van der Waals surface area contributed by atoms with Crippen LogP contribution in [0.15, 0.2) is 91.1 Å². The van der Waals surface area contributed by atoms with Crippen LogP contribution in [0.1, 0.15) is 27.4 Å². The molecule has 4 rings (SSSR count). The summed E-state index contributed by atoms with van der Waals surface area (Å²) in [4.78, 5) is 30.0. The predicted molar refractivity (Wildman–Crippen MR) is 161 cm³/mol. The highest BCUT2D eigenvalue weighted by atomic mass is 16.5.